The van der Waals surface area contributed by atoms with Gasteiger partial charge >= 0.3 is 11.9 Å². The zero-order valence-corrected chi connectivity index (χ0v) is 12.5. The zero-order chi connectivity index (χ0) is 15.2. The molecule has 0 N–H and O–H groups in total. The molecule has 0 amide bonds. The van der Waals surface area contributed by atoms with Gasteiger partial charge in [0.25, 0.3) is 0 Å². The van der Waals surface area contributed by atoms with E-state index < -0.39 is 11.9 Å². The Morgan fingerprint density at radius 1 is 1.05 bits per heavy atom. The van der Waals surface area contributed by atoms with Crippen molar-refractivity contribution in [3.63, 3.8) is 0 Å². The SMILES string of the molecule is CCOC(=O)c1ccc(-c2ncc(C(=O)OCC)s2)nc1. The lowest BCUT2D eigenvalue weighted by atomic mass is 10.2. The number of rotatable bonds is 5. The van der Waals surface area contributed by atoms with Crippen LogP contribution < -0.4 is 0 Å². The van der Waals surface area contributed by atoms with E-state index in [2.05, 4.69) is 9.97 Å². The van der Waals surface area contributed by atoms with Gasteiger partial charge in [0.2, 0.25) is 0 Å². The van der Waals surface area contributed by atoms with E-state index in [4.69, 9.17) is 9.47 Å². The highest BCUT2D eigenvalue weighted by Gasteiger charge is 2.14. The van der Waals surface area contributed by atoms with Crippen LogP contribution in [0.4, 0.5) is 0 Å². The number of esters is 2. The average Bonchev–Trinajstić information content (AvgIpc) is 2.98. The molecule has 110 valence electrons. The smallest absolute Gasteiger partial charge is 0.349 e. The van der Waals surface area contributed by atoms with E-state index in [1.54, 1.807) is 26.0 Å². The lowest BCUT2D eigenvalue weighted by Crippen LogP contribution is -2.04. The van der Waals surface area contributed by atoms with E-state index in [1.165, 1.54) is 23.7 Å². The van der Waals surface area contributed by atoms with Gasteiger partial charge in [-0.1, -0.05) is 0 Å². The Kier molecular flexibility index (Phi) is 4.99. The second-order valence-corrected chi connectivity index (χ2v) is 4.93. The molecule has 0 saturated carbocycles. The molecule has 0 saturated heterocycles. The van der Waals surface area contributed by atoms with Crippen molar-refractivity contribution >= 4 is 23.3 Å². The first-order valence-corrected chi connectivity index (χ1v) is 7.23. The van der Waals surface area contributed by atoms with Crippen molar-refractivity contribution in [2.75, 3.05) is 13.2 Å². The minimum Gasteiger partial charge on any atom is -0.462 e. The molecule has 21 heavy (non-hydrogen) atoms. The molecule has 0 aliphatic carbocycles. The molecule has 2 aromatic rings. The third-order valence-corrected chi connectivity index (χ3v) is 3.48. The normalized spacial score (nSPS) is 10.2. The Morgan fingerprint density at radius 2 is 1.76 bits per heavy atom. The predicted octanol–water partition coefficient (Wildman–Crippen LogP) is 2.56. The van der Waals surface area contributed by atoms with Crippen LogP contribution >= 0.6 is 11.3 Å². The summed E-state index contributed by atoms with van der Waals surface area (Å²) >= 11 is 1.19. The summed E-state index contributed by atoms with van der Waals surface area (Å²) in [5.41, 5.74) is 0.964. The van der Waals surface area contributed by atoms with Crippen LogP contribution in [0.3, 0.4) is 0 Å². The second-order valence-electron chi connectivity index (χ2n) is 3.90. The molecule has 6 nitrogen and oxygen atoms in total. The van der Waals surface area contributed by atoms with Gasteiger partial charge in [0.05, 0.1) is 30.7 Å². The molecule has 0 bridgehead atoms. The Balaban J connectivity index is 2.15. The van der Waals surface area contributed by atoms with Gasteiger partial charge in [-0.25, -0.2) is 14.6 Å². The van der Waals surface area contributed by atoms with E-state index in [9.17, 15) is 9.59 Å². The number of thiazole rings is 1. The fraction of sp³-hybridized carbons (Fsp3) is 0.286. The number of carbonyl (C=O) groups excluding carboxylic acids is 2. The first-order valence-electron chi connectivity index (χ1n) is 6.42. The minimum atomic E-state index is -0.414. The molecule has 2 rings (SSSR count). The highest BCUT2D eigenvalue weighted by Crippen LogP contribution is 2.24. The first-order chi connectivity index (χ1) is 10.2. The van der Waals surface area contributed by atoms with Crippen molar-refractivity contribution in [3.8, 4) is 10.7 Å². The van der Waals surface area contributed by atoms with Crippen LogP contribution in [0, 0.1) is 0 Å². The average molecular weight is 306 g/mol. The molecular weight excluding hydrogens is 292 g/mol. The molecule has 7 heteroatoms. The number of ether oxygens (including phenoxy) is 2. The van der Waals surface area contributed by atoms with Crippen molar-refractivity contribution in [3.05, 3.63) is 35.0 Å². The molecule has 0 atom stereocenters. The number of aromatic nitrogens is 2. The summed E-state index contributed by atoms with van der Waals surface area (Å²) in [6.45, 7) is 4.12. The lowest BCUT2D eigenvalue weighted by molar-refractivity contribution is 0.0518. The highest BCUT2D eigenvalue weighted by molar-refractivity contribution is 7.16. The topological polar surface area (TPSA) is 78.4 Å². The summed E-state index contributed by atoms with van der Waals surface area (Å²) in [5, 5.41) is 0.591. The quantitative estimate of drug-likeness (QED) is 0.790. The van der Waals surface area contributed by atoms with Crippen molar-refractivity contribution in [1.29, 1.82) is 0 Å². The molecule has 0 radical (unpaired) electrons. The van der Waals surface area contributed by atoms with Crippen molar-refractivity contribution in [2.24, 2.45) is 0 Å². The van der Waals surface area contributed by atoms with E-state index in [1.807, 2.05) is 0 Å². The predicted molar refractivity (Wildman–Crippen MR) is 77.3 cm³/mol. The molecule has 0 spiro atoms. The van der Waals surface area contributed by atoms with Crippen LogP contribution in [0.25, 0.3) is 10.7 Å². The van der Waals surface area contributed by atoms with Gasteiger partial charge in [-0.3, -0.25) is 4.98 Å². The number of hydrogen-bond acceptors (Lipinski definition) is 7. The number of nitrogens with zero attached hydrogens (tertiary/aromatic N) is 2. The largest absolute Gasteiger partial charge is 0.462 e. The van der Waals surface area contributed by atoms with Crippen molar-refractivity contribution in [2.45, 2.75) is 13.8 Å². The van der Waals surface area contributed by atoms with Crippen molar-refractivity contribution < 1.29 is 19.1 Å². The van der Waals surface area contributed by atoms with E-state index in [0.717, 1.165) is 0 Å². The Morgan fingerprint density at radius 3 is 2.38 bits per heavy atom. The maximum atomic E-state index is 11.6. The third kappa shape index (κ3) is 3.63. The van der Waals surface area contributed by atoms with Crippen LogP contribution in [-0.4, -0.2) is 35.1 Å². The molecule has 0 unspecified atom stereocenters. The third-order valence-electron chi connectivity index (χ3n) is 2.48. The van der Waals surface area contributed by atoms with Crippen LogP contribution in [0.15, 0.2) is 24.5 Å². The monoisotopic (exact) mass is 306 g/mol. The summed E-state index contributed by atoms with van der Waals surface area (Å²) in [6.07, 6.45) is 2.89. The van der Waals surface area contributed by atoms with Gasteiger partial charge in [-0.15, -0.1) is 11.3 Å². The maximum Gasteiger partial charge on any atom is 0.349 e. The van der Waals surface area contributed by atoms with E-state index in [-0.39, 0.29) is 0 Å². The van der Waals surface area contributed by atoms with Crippen LogP contribution in [0.1, 0.15) is 33.9 Å². The fourth-order valence-corrected chi connectivity index (χ4v) is 2.33. The van der Waals surface area contributed by atoms with Gasteiger partial charge in [0, 0.05) is 6.20 Å². The summed E-state index contributed by atoms with van der Waals surface area (Å²) in [4.78, 5) is 31.8. The Bertz CT molecular complexity index is 637. The summed E-state index contributed by atoms with van der Waals surface area (Å²) in [5.74, 6) is -0.813. The lowest BCUT2D eigenvalue weighted by Gasteiger charge is -2.01. The van der Waals surface area contributed by atoms with Crippen LogP contribution in [-0.2, 0) is 9.47 Å². The first kappa shape index (κ1) is 15.1. The summed E-state index contributed by atoms with van der Waals surface area (Å²) in [6, 6.07) is 3.28. The van der Waals surface area contributed by atoms with E-state index in [0.29, 0.717) is 34.4 Å². The van der Waals surface area contributed by atoms with Gasteiger partial charge in [-0.2, -0.15) is 0 Å². The highest BCUT2D eigenvalue weighted by atomic mass is 32.1. The molecule has 0 fully saturated rings. The number of hydrogen-bond donors (Lipinski definition) is 0. The fourth-order valence-electron chi connectivity index (χ4n) is 1.54. The minimum absolute atomic E-state index is 0.315. The molecule has 0 aromatic carbocycles. The van der Waals surface area contributed by atoms with E-state index >= 15 is 0 Å². The zero-order valence-electron chi connectivity index (χ0n) is 11.7. The van der Waals surface area contributed by atoms with Crippen molar-refractivity contribution in [1.82, 2.24) is 9.97 Å². The summed E-state index contributed by atoms with van der Waals surface area (Å²) in [7, 11) is 0. The number of carbonyl (C=O) groups is 2. The molecule has 0 aliphatic rings. The maximum absolute atomic E-state index is 11.6. The van der Waals surface area contributed by atoms with Gasteiger partial charge in [0.1, 0.15) is 9.88 Å². The Hall–Kier alpha value is -2.28. The molecule has 2 heterocycles. The second kappa shape index (κ2) is 6.94. The molecule has 0 aliphatic heterocycles. The van der Waals surface area contributed by atoms with Crippen LogP contribution in [0.5, 0.6) is 0 Å². The Labute approximate surface area is 125 Å². The summed E-state index contributed by atoms with van der Waals surface area (Å²) < 4.78 is 9.79. The standard InChI is InChI=1S/C14H14N2O4S/c1-3-19-13(17)9-5-6-10(15-7-9)12-16-8-11(21-12)14(18)20-4-2/h5-8H,3-4H2,1-2H3. The number of pyridine rings is 1. The van der Waals surface area contributed by atoms with Gasteiger partial charge in [0.15, 0.2) is 0 Å². The van der Waals surface area contributed by atoms with Gasteiger partial charge in [-0.05, 0) is 26.0 Å². The molecular formula is C14H14N2O4S. The molecule has 2 aromatic heterocycles. The van der Waals surface area contributed by atoms with Crippen LogP contribution in [0.2, 0.25) is 0 Å². The van der Waals surface area contributed by atoms with Gasteiger partial charge < -0.3 is 9.47 Å².